The second kappa shape index (κ2) is 5.32. The van der Waals surface area contributed by atoms with Gasteiger partial charge in [-0.1, -0.05) is 33.1 Å². The summed E-state index contributed by atoms with van der Waals surface area (Å²) in [5.41, 5.74) is -0.320. The lowest BCUT2D eigenvalue weighted by molar-refractivity contribution is -0.145. The summed E-state index contributed by atoms with van der Waals surface area (Å²) in [6.07, 6.45) is 5.10. The summed E-state index contributed by atoms with van der Waals surface area (Å²) in [5.74, 6) is -1.02. The lowest BCUT2D eigenvalue weighted by Gasteiger charge is -2.37. The Labute approximate surface area is 96.4 Å². The quantitative estimate of drug-likeness (QED) is 0.728. The molecule has 4 heteroatoms. The average Bonchev–Trinajstić information content (AvgIpc) is 2.19. The zero-order valence-corrected chi connectivity index (χ0v) is 10.1. The SMILES string of the molecule is CCCC[C@H](NC(=O)C1(C)CCC1)C(=O)O. The molecule has 1 atom stereocenters. The van der Waals surface area contributed by atoms with Gasteiger partial charge in [-0.3, -0.25) is 4.79 Å². The Kier molecular flexibility index (Phi) is 4.33. The maximum absolute atomic E-state index is 11.9. The molecule has 4 nitrogen and oxygen atoms in total. The summed E-state index contributed by atoms with van der Waals surface area (Å²) < 4.78 is 0. The molecule has 0 unspecified atom stereocenters. The maximum atomic E-state index is 11.9. The smallest absolute Gasteiger partial charge is 0.326 e. The van der Waals surface area contributed by atoms with E-state index in [1.807, 2.05) is 13.8 Å². The highest BCUT2D eigenvalue weighted by Gasteiger charge is 2.40. The molecule has 1 saturated carbocycles. The normalized spacial score (nSPS) is 19.6. The number of carboxylic acid groups (broad SMARTS) is 1. The first kappa shape index (κ1) is 13.0. The zero-order chi connectivity index (χ0) is 12.2. The van der Waals surface area contributed by atoms with Gasteiger partial charge in [0.05, 0.1) is 0 Å². The summed E-state index contributed by atoms with van der Waals surface area (Å²) in [5, 5.41) is 11.6. The highest BCUT2D eigenvalue weighted by Crippen LogP contribution is 2.40. The number of carbonyl (C=O) groups excluding carboxylic acids is 1. The lowest BCUT2D eigenvalue weighted by atomic mass is 9.69. The van der Waals surface area contributed by atoms with Crippen molar-refractivity contribution in [3.05, 3.63) is 0 Å². The van der Waals surface area contributed by atoms with Gasteiger partial charge in [0.2, 0.25) is 5.91 Å². The van der Waals surface area contributed by atoms with Gasteiger partial charge in [0, 0.05) is 5.41 Å². The summed E-state index contributed by atoms with van der Waals surface area (Å²) in [7, 11) is 0. The fraction of sp³-hybridized carbons (Fsp3) is 0.833. The molecule has 0 spiro atoms. The number of aliphatic carboxylic acids is 1. The van der Waals surface area contributed by atoms with Crippen molar-refractivity contribution >= 4 is 11.9 Å². The van der Waals surface area contributed by atoms with E-state index in [-0.39, 0.29) is 11.3 Å². The van der Waals surface area contributed by atoms with Crippen LogP contribution in [0.1, 0.15) is 52.4 Å². The molecular weight excluding hydrogens is 206 g/mol. The van der Waals surface area contributed by atoms with Crippen molar-refractivity contribution in [3.63, 3.8) is 0 Å². The van der Waals surface area contributed by atoms with Crippen LogP contribution >= 0.6 is 0 Å². The summed E-state index contributed by atoms with van der Waals surface area (Å²) in [4.78, 5) is 22.8. The van der Waals surface area contributed by atoms with Crippen LogP contribution in [0.4, 0.5) is 0 Å². The monoisotopic (exact) mass is 227 g/mol. The molecule has 0 aromatic carbocycles. The predicted molar refractivity (Wildman–Crippen MR) is 61.0 cm³/mol. The molecule has 1 amide bonds. The summed E-state index contributed by atoms with van der Waals surface area (Å²) in [6, 6.07) is -0.718. The minimum Gasteiger partial charge on any atom is -0.480 e. The Morgan fingerprint density at radius 3 is 2.44 bits per heavy atom. The standard InChI is InChI=1S/C12H21NO3/c1-3-4-6-9(10(14)15)13-11(16)12(2)7-5-8-12/h9H,3-8H2,1-2H3,(H,13,16)(H,14,15)/t9-/m0/s1. The zero-order valence-electron chi connectivity index (χ0n) is 10.1. The highest BCUT2D eigenvalue weighted by atomic mass is 16.4. The molecule has 0 heterocycles. The van der Waals surface area contributed by atoms with Gasteiger partial charge in [-0.15, -0.1) is 0 Å². The molecule has 0 aromatic heterocycles. The van der Waals surface area contributed by atoms with E-state index in [2.05, 4.69) is 5.32 Å². The van der Waals surface area contributed by atoms with Crippen molar-refractivity contribution < 1.29 is 14.7 Å². The minimum absolute atomic E-state index is 0.0951. The first-order chi connectivity index (χ1) is 7.49. The molecule has 0 saturated heterocycles. The van der Waals surface area contributed by atoms with Crippen molar-refractivity contribution in [3.8, 4) is 0 Å². The molecule has 16 heavy (non-hydrogen) atoms. The molecule has 0 aliphatic heterocycles. The molecule has 1 fully saturated rings. The maximum Gasteiger partial charge on any atom is 0.326 e. The Bertz CT molecular complexity index is 271. The van der Waals surface area contributed by atoms with Gasteiger partial charge >= 0.3 is 5.97 Å². The van der Waals surface area contributed by atoms with E-state index in [1.165, 1.54) is 0 Å². The van der Waals surface area contributed by atoms with Gasteiger partial charge < -0.3 is 10.4 Å². The van der Waals surface area contributed by atoms with E-state index < -0.39 is 12.0 Å². The van der Waals surface area contributed by atoms with Crippen LogP contribution in [-0.4, -0.2) is 23.0 Å². The first-order valence-corrected chi connectivity index (χ1v) is 6.03. The molecule has 1 rings (SSSR count). The number of carboxylic acids is 1. The van der Waals surface area contributed by atoms with Gasteiger partial charge in [0.15, 0.2) is 0 Å². The van der Waals surface area contributed by atoms with Crippen molar-refractivity contribution in [2.24, 2.45) is 5.41 Å². The number of nitrogens with one attached hydrogen (secondary N) is 1. The molecule has 1 aliphatic rings. The first-order valence-electron chi connectivity index (χ1n) is 6.03. The largest absolute Gasteiger partial charge is 0.480 e. The van der Waals surface area contributed by atoms with Crippen LogP contribution < -0.4 is 5.32 Å². The van der Waals surface area contributed by atoms with Crippen LogP contribution in [0.25, 0.3) is 0 Å². The average molecular weight is 227 g/mol. The van der Waals surface area contributed by atoms with E-state index >= 15 is 0 Å². The number of rotatable bonds is 6. The number of unbranched alkanes of at least 4 members (excludes halogenated alkanes) is 1. The fourth-order valence-electron chi connectivity index (χ4n) is 1.93. The highest BCUT2D eigenvalue weighted by molar-refractivity contribution is 5.87. The van der Waals surface area contributed by atoms with E-state index in [1.54, 1.807) is 0 Å². The van der Waals surface area contributed by atoms with Gasteiger partial charge in [0.1, 0.15) is 6.04 Å². The second-order valence-corrected chi connectivity index (χ2v) is 4.92. The van der Waals surface area contributed by atoms with Gasteiger partial charge in [-0.05, 0) is 19.3 Å². The van der Waals surface area contributed by atoms with Crippen molar-refractivity contribution in [1.29, 1.82) is 0 Å². The molecule has 0 aromatic rings. The molecule has 0 radical (unpaired) electrons. The third-order valence-electron chi connectivity index (χ3n) is 3.46. The third-order valence-corrected chi connectivity index (χ3v) is 3.46. The van der Waals surface area contributed by atoms with Crippen LogP contribution in [0, 0.1) is 5.41 Å². The number of carbonyl (C=O) groups is 2. The number of amides is 1. The van der Waals surface area contributed by atoms with Crippen LogP contribution in [0.2, 0.25) is 0 Å². The van der Waals surface area contributed by atoms with Crippen molar-refractivity contribution in [1.82, 2.24) is 5.32 Å². The van der Waals surface area contributed by atoms with Crippen LogP contribution in [0.5, 0.6) is 0 Å². The molecule has 92 valence electrons. The van der Waals surface area contributed by atoms with Gasteiger partial charge in [0.25, 0.3) is 0 Å². The Balaban J connectivity index is 2.47. The topological polar surface area (TPSA) is 66.4 Å². The predicted octanol–water partition coefficient (Wildman–Crippen LogP) is 1.94. The fourth-order valence-corrected chi connectivity index (χ4v) is 1.93. The third kappa shape index (κ3) is 2.97. The van der Waals surface area contributed by atoms with E-state index in [0.29, 0.717) is 6.42 Å². The Morgan fingerprint density at radius 2 is 2.06 bits per heavy atom. The summed E-state index contributed by atoms with van der Waals surface area (Å²) >= 11 is 0. The summed E-state index contributed by atoms with van der Waals surface area (Å²) in [6.45, 7) is 3.92. The van der Waals surface area contributed by atoms with Gasteiger partial charge in [-0.2, -0.15) is 0 Å². The van der Waals surface area contributed by atoms with Crippen LogP contribution in [0.3, 0.4) is 0 Å². The minimum atomic E-state index is -0.926. The molecule has 0 bridgehead atoms. The van der Waals surface area contributed by atoms with E-state index in [4.69, 9.17) is 5.11 Å². The molecule has 1 aliphatic carbocycles. The second-order valence-electron chi connectivity index (χ2n) is 4.92. The Morgan fingerprint density at radius 1 is 1.44 bits per heavy atom. The van der Waals surface area contributed by atoms with Crippen molar-refractivity contribution in [2.45, 2.75) is 58.4 Å². The number of hydrogen-bond donors (Lipinski definition) is 2. The molecule has 2 N–H and O–H groups in total. The van der Waals surface area contributed by atoms with E-state index in [0.717, 1.165) is 32.1 Å². The molecular formula is C12H21NO3. The van der Waals surface area contributed by atoms with E-state index in [9.17, 15) is 9.59 Å². The number of hydrogen-bond acceptors (Lipinski definition) is 2. The van der Waals surface area contributed by atoms with Crippen LogP contribution in [-0.2, 0) is 9.59 Å². The lowest BCUT2D eigenvalue weighted by Crippen LogP contribution is -2.50. The van der Waals surface area contributed by atoms with Crippen molar-refractivity contribution in [2.75, 3.05) is 0 Å². The van der Waals surface area contributed by atoms with Gasteiger partial charge in [-0.25, -0.2) is 4.79 Å². The van der Waals surface area contributed by atoms with Crippen LogP contribution in [0.15, 0.2) is 0 Å². The Hall–Kier alpha value is -1.06.